The Kier molecular flexibility index (Phi) is 11.4. The van der Waals surface area contributed by atoms with E-state index in [1.807, 2.05) is 68.0 Å². The Morgan fingerprint density at radius 3 is 2.57 bits per heavy atom. The molecule has 1 saturated heterocycles. The molecule has 0 N–H and O–H groups in total. The number of carbonyl (C=O) groups excluding carboxylic acids is 1. The first-order valence-electron chi connectivity index (χ1n) is 13.4. The lowest BCUT2D eigenvalue weighted by Gasteiger charge is -2.31. The quantitative estimate of drug-likeness (QED) is 0.421. The molecule has 0 spiro atoms. The number of likely N-dealkylation sites (tertiary alicyclic amines) is 1. The Morgan fingerprint density at radius 2 is 1.94 bits per heavy atom. The lowest BCUT2D eigenvalue weighted by molar-refractivity contribution is -0.125. The molecule has 2 aliphatic rings. The van der Waals surface area contributed by atoms with Crippen molar-refractivity contribution >= 4 is 17.2 Å². The van der Waals surface area contributed by atoms with Gasteiger partial charge in [-0.3, -0.25) is 4.79 Å². The lowest BCUT2D eigenvalue weighted by Crippen LogP contribution is -2.43. The van der Waals surface area contributed by atoms with Crippen LogP contribution in [0.25, 0.3) is 5.57 Å². The van der Waals surface area contributed by atoms with Crippen LogP contribution < -0.4 is 0 Å². The van der Waals surface area contributed by atoms with Gasteiger partial charge in [0.1, 0.15) is 17.3 Å². The second kappa shape index (κ2) is 14.0. The topological polar surface area (TPSA) is 35.9 Å². The zero-order chi connectivity index (χ0) is 26.0. The minimum absolute atomic E-state index is 0.00789. The van der Waals surface area contributed by atoms with Crippen LogP contribution in [-0.4, -0.2) is 41.1 Å². The number of rotatable bonds is 6. The molecule has 0 bridgehead atoms. The fraction of sp³-hybridized carbons (Fsp3) is 0.533. The van der Waals surface area contributed by atoms with Gasteiger partial charge in [-0.05, 0) is 68.9 Å². The fourth-order valence-electron chi connectivity index (χ4n) is 4.63. The molecule has 1 amide bonds. The minimum Gasteiger partial charge on any atom is -0.335 e. The Balaban J connectivity index is 0.00000210. The molecule has 0 saturated carbocycles. The summed E-state index contributed by atoms with van der Waals surface area (Å²) in [5.74, 6) is 0.422. The molecule has 2 aliphatic heterocycles. The summed E-state index contributed by atoms with van der Waals surface area (Å²) in [4.78, 5) is 22.2. The summed E-state index contributed by atoms with van der Waals surface area (Å²) >= 11 is 0. The number of amides is 1. The van der Waals surface area contributed by atoms with Gasteiger partial charge in [0.15, 0.2) is 0 Å². The predicted molar refractivity (Wildman–Crippen MR) is 147 cm³/mol. The van der Waals surface area contributed by atoms with E-state index < -0.39 is 0 Å². The van der Waals surface area contributed by atoms with E-state index in [-0.39, 0.29) is 17.8 Å². The van der Waals surface area contributed by atoms with E-state index >= 15 is 0 Å². The molecule has 0 aromatic heterocycles. The Morgan fingerprint density at radius 1 is 1.20 bits per heavy atom. The maximum atomic E-state index is 14.9. The summed E-state index contributed by atoms with van der Waals surface area (Å²) < 4.78 is 14.9. The second-order valence-electron chi connectivity index (χ2n) is 9.05. The van der Waals surface area contributed by atoms with E-state index in [1.54, 1.807) is 6.07 Å². The summed E-state index contributed by atoms with van der Waals surface area (Å²) in [5.41, 5.74) is 3.81. The third-order valence-corrected chi connectivity index (χ3v) is 6.69. The number of nitrogens with zero attached hydrogens (tertiary/aromatic N) is 3. The summed E-state index contributed by atoms with van der Waals surface area (Å²) in [6.45, 7) is 13.0. The Hall–Kier alpha value is -2.69. The van der Waals surface area contributed by atoms with E-state index in [1.165, 1.54) is 0 Å². The van der Waals surface area contributed by atoms with Gasteiger partial charge in [-0.2, -0.15) is 0 Å². The van der Waals surface area contributed by atoms with Crippen LogP contribution >= 0.6 is 0 Å². The van der Waals surface area contributed by atoms with Crippen molar-refractivity contribution in [3.05, 3.63) is 64.9 Å². The van der Waals surface area contributed by atoms with Crippen LogP contribution in [0.2, 0.25) is 0 Å². The van der Waals surface area contributed by atoms with Gasteiger partial charge in [0.05, 0.1) is 0 Å². The van der Waals surface area contributed by atoms with Crippen LogP contribution in [0.3, 0.4) is 0 Å². The minimum atomic E-state index is -0.228. The maximum Gasteiger partial charge on any atom is 0.272 e. The smallest absolute Gasteiger partial charge is 0.272 e. The molecule has 1 unspecified atom stereocenters. The zero-order valence-corrected chi connectivity index (χ0v) is 22.8. The number of hydrogen-bond donors (Lipinski definition) is 0. The van der Waals surface area contributed by atoms with Gasteiger partial charge in [0, 0.05) is 30.9 Å². The standard InChI is InChI=1S/C28H38FN3O.C2H6/c1-6-12-21-14-15-24(25(29)17-21)22(7-2)18-27-30-26(19-23(8-3)31(27)5)28(33)32-16-11-9-10-13-20(32)4;1-2/h7,14-15,17-20H,6,8-13,16H2,1-5H3;1-2H3/b22-7+,27-18-;. The second-order valence-corrected chi connectivity index (χ2v) is 9.05. The van der Waals surface area contributed by atoms with Crippen molar-refractivity contribution in [3.63, 3.8) is 0 Å². The largest absolute Gasteiger partial charge is 0.335 e. The average molecular weight is 482 g/mol. The summed E-state index contributed by atoms with van der Waals surface area (Å²) in [5, 5.41) is 0. The van der Waals surface area contributed by atoms with Gasteiger partial charge in [-0.1, -0.05) is 65.2 Å². The zero-order valence-electron chi connectivity index (χ0n) is 22.8. The third kappa shape index (κ3) is 7.16. The van der Waals surface area contributed by atoms with Crippen molar-refractivity contribution in [1.29, 1.82) is 0 Å². The first-order chi connectivity index (χ1) is 16.9. The van der Waals surface area contributed by atoms with Gasteiger partial charge in [-0.25, -0.2) is 9.38 Å². The molecule has 3 rings (SSSR count). The number of halogens is 1. The van der Waals surface area contributed by atoms with Crippen LogP contribution in [-0.2, 0) is 11.2 Å². The van der Waals surface area contributed by atoms with Crippen molar-refractivity contribution in [2.75, 3.05) is 13.6 Å². The van der Waals surface area contributed by atoms with Crippen LogP contribution in [0.4, 0.5) is 4.39 Å². The van der Waals surface area contributed by atoms with Gasteiger partial charge >= 0.3 is 0 Å². The highest BCUT2D eigenvalue weighted by molar-refractivity contribution is 6.43. The molecule has 1 aromatic rings. The molecule has 4 nitrogen and oxygen atoms in total. The van der Waals surface area contributed by atoms with Crippen molar-refractivity contribution in [2.45, 2.75) is 92.5 Å². The summed E-state index contributed by atoms with van der Waals surface area (Å²) in [6, 6.07) is 5.68. The molecular weight excluding hydrogens is 437 g/mol. The van der Waals surface area contributed by atoms with Gasteiger partial charge < -0.3 is 9.80 Å². The highest BCUT2D eigenvalue weighted by Crippen LogP contribution is 2.28. The Labute approximate surface area is 212 Å². The molecule has 192 valence electrons. The van der Waals surface area contributed by atoms with E-state index in [0.717, 1.165) is 68.3 Å². The van der Waals surface area contributed by atoms with Crippen LogP contribution in [0.1, 0.15) is 91.2 Å². The molecule has 0 aliphatic carbocycles. The van der Waals surface area contributed by atoms with E-state index in [4.69, 9.17) is 4.99 Å². The number of allylic oxidation sites excluding steroid dienone is 4. The highest BCUT2D eigenvalue weighted by atomic mass is 19.1. The van der Waals surface area contributed by atoms with E-state index in [2.05, 4.69) is 20.8 Å². The number of carbonyl (C=O) groups is 1. The summed E-state index contributed by atoms with van der Waals surface area (Å²) in [7, 11) is 1.95. The van der Waals surface area contributed by atoms with Crippen LogP contribution in [0, 0.1) is 5.82 Å². The first-order valence-corrected chi connectivity index (χ1v) is 13.4. The van der Waals surface area contributed by atoms with Gasteiger partial charge in [0.25, 0.3) is 5.91 Å². The van der Waals surface area contributed by atoms with Gasteiger partial charge in [0.2, 0.25) is 0 Å². The van der Waals surface area contributed by atoms with Crippen LogP contribution in [0.5, 0.6) is 0 Å². The molecule has 1 fully saturated rings. The average Bonchev–Trinajstić information content (AvgIpc) is 3.09. The number of aliphatic imine (C=N–C) groups is 1. The lowest BCUT2D eigenvalue weighted by atomic mass is 10.0. The summed E-state index contributed by atoms with van der Waals surface area (Å²) in [6.07, 6.45) is 12.7. The van der Waals surface area contributed by atoms with Crippen molar-refractivity contribution in [2.24, 2.45) is 4.99 Å². The molecule has 35 heavy (non-hydrogen) atoms. The molecule has 1 atom stereocenters. The number of benzene rings is 1. The fourth-order valence-corrected chi connectivity index (χ4v) is 4.63. The molecule has 0 radical (unpaired) electrons. The third-order valence-electron chi connectivity index (χ3n) is 6.69. The van der Waals surface area contributed by atoms with E-state index in [0.29, 0.717) is 17.1 Å². The van der Waals surface area contributed by atoms with E-state index in [9.17, 15) is 9.18 Å². The molecule has 1 aromatic carbocycles. The van der Waals surface area contributed by atoms with Crippen molar-refractivity contribution in [1.82, 2.24) is 9.80 Å². The number of hydrogen-bond acceptors (Lipinski definition) is 3. The first kappa shape index (κ1) is 28.5. The Bertz CT molecular complexity index is 989. The highest BCUT2D eigenvalue weighted by Gasteiger charge is 2.28. The molecular formula is C30H44FN3O. The maximum absolute atomic E-state index is 14.9. The number of aryl methyl sites for hydroxylation is 1. The SMILES string of the molecule is C/C=C(\C=C1\N=C(C(=O)N2CCCCCC2C)C=C(CC)N1C)c1ccc(CCC)cc1F.CC. The van der Waals surface area contributed by atoms with Crippen LogP contribution in [0.15, 0.2) is 52.9 Å². The predicted octanol–water partition coefficient (Wildman–Crippen LogP) is 7.52. The van der Waals surface area contributed by atoms with Crippen molar-refractivity contribution in [3.8, 4) is 0 Å². The van der Waals surface area contributed by atoms with Crippen molar-refractivity contribution < 1.29 is 9.18 Å². The molecule has 5 heteroatoms. The monoisotopic (exact) mass is 481 g/mol. The normalized spacial score (nSPS) is 20.1. The molecule has 2 heterocycles. The van der Waals surface area contributed by atoms with Gasteiger partial charge in [-0.15, -0.1) is 0 Å².